The first-order chi connectivity index (χ1) is 17.9. The van der Waals surface area contributed by atoms with Crippen LogP contribution in [0.4, 0.5) is 13.2 Å². The molecule has 0 bridgehead atoms. The normalized spacial score (nSPS) is 12.0. The lowest BCUT2D eigenvalue weighted by atomic mass is 9.96. The van der Waals surface area contributed by atoms with Crippen molar-refractivity contribution in [2.75, 3.05) is 0 Å². The molecular weight excluding hydrogens is 501 g/mol. The number of halogens is 4. The second-order valence-corrected chi connectivity index (χ2v) is 9.05. The Kier molecular flexibility index (Phi) is 6.92. The predicted octanol–water partition coefficient (Wildman–Crippen LogP) is 6.34. The van der Waals surface area contributed by atoms with Gasteiger partial charge < -0.3 is 10.3 Å². The van der Waals surface area contributed by atoms with E-state index in [-0.39, 0.29) is 18.7 Å². The molecule has 0 spiro atoms. The highest BCUT2D eigenvalue weighted by molar-refractivity contribution is 6.30. The van der Waals surface area contributed by atoms with Gasteiger partial charge in [0.2, 0.25) is 5.91 Å². The minimum atomic E-state index is -0.746. The minimum absolute atomic E-state index is 0.0428. The topological polar surface area (TPSA) is 70.7 Å². The Hall–Kier alpha value is -4.17. The molecule has 5 aromatic rings. The highest BCUT2D eigenvalue weighted by atomic mass is 35.5. The van der Waals surface area contributed by atoms with Crippen molar-refractivity contribution < 1.29 is 18.0 Å². The summed E-state index contributed by atoms with van der Waals surface area (Å²) in [5.74, 6) is -2.22. The van der Waals surface area contributed by atoms with Crippen LogP contribution in [-0.2, 0) is 17.6 Å². The van der Waals surface area contributed by atoms with Crippen LogP contribution in [0.25, 0.3) is 22.0 Å². The molecule has 2 aromatic heterocycles. The summed E-state index contributed by atoms with van der Waals surface area (Å²) in [6, 6.07) is 13.8. The van der Waals surface area contributed by atoms with E-state index < -0.39 is 23.5 Å². The van der Waals surface area contributed by atoms with Gasteiger partial charge in [-0.2, -0.15) is 0 Å². The Bertz CT molecular complexity index is 1570. The van der Waals surface area contributed by atoms with Crippen molar-refractivity contribution in [2.24, 2.45) is 0 Å². The maximum atomic E-state index is 14.0. The quantitative estimate of drug-likeness (QED) is 0.263. The third kappa shape index (κ3) is 5.65. The fourth-order valence-electron chi connectivity index (χ4n) is 4.36. The molecule has 0 saturated heterocycles. The van der Waals surface area contributed by atoms with Gasteiger partial charge in [0.05, 0.1) is 18.2 Å². The summed E-state index contributed by atoms with van der Waals surface area (Å²) in [6.07, 6.45) is 4.64. The van der Waals surface area contributed by atoms with Crippen molar-refractivity contribution in [2.45, 2.75) is 18.9 Å². The second kappa shape index (κ2) is 10.4. The molecule has 0 aliphatic rings. The number of hydrogen-bond donors (Lipinski definition) is 2. The van der Waals surface area contributed by atoms with E-state index in [0.29, 0.717) is 38.3 Å². The maximum absolute atomic E-state index is 14.0. The molecule has 0 saturated carbocycles. The number of H-pyrrole nitrogens is 1. The molecule has 0 aliphatic heterocycles. The van der Waals surface area contributed by atoms with E-state index >= 15 is 0 Å². The van der Waals surface area contributed by atoms with Gasteiger partial charge in [-0.05, 0) is 65.6 Å². The minimum Gasteiger partial charge on any atom is -0.361 e. The number of nitrogens with zero attached hydrogens (tertiary/aromatic N) is 2. The van der Waals surface area contributed by atoms with E-state index in [1.54, 1.807) is 42.7 Å². The first kappa shape index (κ1) is 24.5. The Morgan fingerprint density at radius 2 is 1.73 bits per heavy atom. The molecule has 1 atom stereocenters. The molecule has 1 amide bonds. The van der Waals surface area contributed by atoms with Crippen molar-refractivity contribution >= 4 is 28.4 Å². The van der Waals surface area contributed by atoms with Crippen LogP contribution in [0.15, 0.2) is 79.4 Å². The highest BCUT2D eigenvalue weighted by Crippen LogP contribution is 2.30. The SMILES string of the molecule is O=C(Cc1c[nH]c2ccc(F)cc12)N[C@H](Cc1cc(F)cc(F)c1)c1ncncc1-c1ccc(Cl)cc1. The van der Waals surface area contributed by atoms with Crippen LogP contribution >= 0.6 is 11.6 Å². The van der Waals surface area contributed by atoms with Crippen molar-refractivity contribution in [3.05, 3.63) is 119 Å². The molecule has 0 fully saturated rings. The molecule has 5 nitrogen and oxygen atoms in total. The third-order valence-electron chi connectivity index (χ3n) is 6.01. The fraction of sp³-hybridized carbons (Fsp3) is 0.107. The van der Waals surface area contributed by atoms with Crippen LogP contribution in [-0.4, -0.2) is 20.9 Å². The third-order valence-corrected chi connectivity index (χ3v) is 6.26. The summed E-state index contributed by atoms with van der Waals surface area (Å²) in [5, 5.41) is 4.11. The van der Waals surface area contributed by atoms with Crippen LogP contribution in [0.2, 0.25) is 5.02 Å². The van der Waals surface area contributed by atoms with Crippen LogP contribution in [0.5, 0.6) is 0 Å². The number of amides is 1. The number of benzene rings is 3. The van der Waals surface area contributed by atoms with E-state index in [0.717, 1.165) is 11.6 Å². The number of carbonyl (C=O) groups excluding carboxylic acids is 1. The van der Waals surface area contributed by atoms with Gasteiger partial charge in [-0.25, -0.2) is 23.1 Å². The summed E-state index contributed by atoms with van der Waals surface area (Å²) >= 11 is 6.04. The van der Waals surface area contributed by atoms with Crippen LogP contribution in [0, 0.1) is 17.5 Å². The van der Waals surface area contributed by atoms with Crippen molar-refractivity contribution in [3.8, 4) is 11.1 Å². The van der Waals surface area contributed by atoms with Gasteiger partial charge in [-0.1, -0.05) is 23.7 Å². The molecule has 2 heterocycles. The summed E-state index contributed by atoms with van der Waals surface area (Å²) in [6.45, 7) is 0. The average molecular weight is 521 g/mol. The average Bonchev–Trinajstić information content (AvgIpc) is 3.25. The molecule has 3 aromatic carbocycles. The first-order valence-electron chi connectivity index (χ1n) is 11.4. The predicted molar refractivity (Wildman–Crippen MR) is 135 cm³/mol. The standard InChI is InChI=1S/C28H20ClF3N4O/c29-19-3-1-17(2-4-19)24-14-33-15-35-28(24)26(9-16-7-21(31)11-22(32)8-16)36-27(37)10-18-13-34-25-6-5-20(30)12-23(18)25/h1-8,11-15,26,34H,9-10H2,(H,36,37)/t26-/m1/s1. The summed E-state index contributed by atoms with van der Waals surface area (Å²) < 4.78 is 41.7. The molecule has 9 heteroatoms. The van der Waals surface area contributed by atoms with E-state index in [1.165, 1.54) is 30.6 Å². The van der Waals surface area contributed by atoms with Gasteiger partial charge >= 0.3 is 0 Å². The van der Waals surface area contributed by atoms with Gasteiger partial charge in [0.15, 0.2) is 0 Å². The van der Waals surface area contributed by atoms with E-state index in [2.05, 4.69) is 20.3 Å². The van der Waals surface area contributed by atoms with Crippen molar-refractivity contribution in [1.29, 1.82) is 0 Å². The Balaban J connectivity index is 1.49. The molecule has 37 heavy (non-hydrogen) atoms. The summed E-state index contributed by atoms with van der Waals surface area (Å²) in [7, 11) is 0. The van der Waals surface area contributed by atoms with Crippen molar-refractivity contribution in [3.63, 3.8) is 0 Å². The van der Waals surface area contributed by atoms with E-state index in [1.807, 2.05) is 0 Å². The van der Waals surface area contributed by atoms with Crippen molar-refractivity contribution in [1.82, 2.24) is 20.3 Å². The van der Waals surface area contributed by atoms with Gasteiger partial charge in [0.1, 0.15) is 23.8 Å². The van der Waals surface area contributed by atoms with Crippen LogP contribution in [0.1, 0.15) is 22.9 Å². The fourth-order valence-corrected chi connectivity index (χ4v) is 4.49. The number of carbonyl (C=O) groups is 1. The van der Waals surface area contributed by atoms with E-state index in [9.17, 15) is 18.0 Å². The number of hydrogen-bond acceptors (Lipinski definition) is 3. The molecular formula is C28H20ClF3N4O. The Morgan fingerprint density at radius 3 is 2.49 bits per heavy atom. The lowest BCUT2D eigenvalue weighted by Gasteiger charge is -2.21. The Morgan fingerprint density at radius 1 is 0.973 bits per heavy atom. The molecule has 2 N–H and O–H groups in total. The molecule has 0 radical (unpaired) electrons. The smallest absolute Gasteiger partial charge is 0.225 e. The zero-order chi connectivity index (χ0) is 25.9. The zero-order valence-corrected chi connectivity index (χ0v) is 20.1. The number of aromatic amines is 1. The largest absolute Gasteiger partial charge is 0.361 e. The van der Waals surface area contributed by atoms with Gasteiger partial charge in [-0.3, -0.25) is 4.79 Å². The lowest BCUT2D eigenvalue weighted by molar-refractivity contribution is -0.121. The summed E-state index contributed by atoms with van der Waals surface area (Å²) in [4.78, 5) is 24.8. The number of fused-ring (bicyclic) bond motifs is 1. The summed E-state index contributed by atoms with van der Waals surface area (Å²) in [5.41, 5.74) is 3.53. The van der Waals surface area contributed by atoms with E-state index in [4.69, 9.17) is 11.6 Å². The zero-order valence-electron chi connectivity index (χ0n) is 19.3. The molecule has 0 unspecified atom stereocenters. The highest BCUT2D eigenvalue weighted by Gasteiger charge is 2.22. The lowest BCUT2D eigenvalue weighted by Crippen LogP contribution is -2.32. The van der Waals surface area contributed by atoms with Crippen LogP contribution in [0.3, 0.4) is 0 Å². The van der Waals surface area contributed by atoms with Gasteiger partial charge in [-0.15, -0.1) is 0 Å². The molecule has 5 rings (SSSR count). The molecule has 0 aliphatic carbocycles. The Labute approximate surface area is 215 Å². The second-order valence-electron chi connectivity index (χ2n) is 8.61. The number of nitrogens with one attached hydrogen (secondary N) is 2. The monoisotopic (exact) mass is 520 g/mol. The number of rotatable bonds is 7. The van der Waals surface area contributed by atoms with Gasteiger partial charge in [0.25, 0.3) is 0 Å². The number of aromatic nitrogens is 3. The first-order valence-corrected chi connectivity index (χ1v) is 11.8. The molecule has 186 valence electrons. The van der Waals surface area contributed by atoms with Crippen LogP contribution < -0.4 is 5.32 Å². The maximum Gasteiger partial charge on any atom is 0.225 e. The van der Waals surface area contributed by atoms with Gasteiger partial charge in [0, 0.05) is 39.9 Å².